The molecule has 2 unspecified atom stereocenters. The number of carbonyl (C=O) groups excluding carboxylic acids is 2. The lowest BCUT2D eigenvalue weighted by Gasteiger charge is -2.25. The van der Waals surface area contributed by atoms with E-state index in [1.165, 1.54) is 141 Å². The first-order chi connectivity index (χ1) is 32.6. The maximum atomic E-state index is 12.9. The van der Waals surface area contributed by atoms with E-state index in [9.17, 15) is 19.5 Å². The molecule has 390 valence electrons. The van der Waals surface area contributed by atoms with Gasteiger partial charge in [-0.1, -0.05) is 229 Å². The van der Waals surface area contributed by atoms with Crippen LogP contribution in [0, 0.1) is 0 Å². The number of unbranched alkanes of at least 4 members (excludes halogenated alkanes) is 28. The Kier molecular flexibility index (Phi) is 47.6. The van der Waals surface area contributed by atoms with Crippen molar-refractivity contribution in [1.82, 2.24) is 0 Å². The van der Waals surface area contributed by atoms with Gasteiger partial charge in [0.25, 0.3) is 6.29 Å². The first kappa shape index (κ1) is 64.2. The highest BCUT2D eigenvalue weighted by molar-refractivity contribution is 5.71. The molecule has 0 rings (SSSR count). The average Bonchev–Trinajstić information content (AvgIpc) is 3.29. The molecule has 0 aliphatic carbocycles. The van der Waals surface area contributed by atoms with Crippen LogP contribution >= 0.6 is 0 Å². The summed E-state index contributed by atoms with van der Waals surface area (Å²) in [7, 11) is 5.97. The summed E-state index contributed by atoms with van der Waals surface area (Å²) < 4.78 is 22.9. The van der Waals surface area contributed by atoms with Crippen LogP contribution in [-0.2, 0) is 33.3 Å². The van der Waals surface area contributed by atoms with Crippen LogP contribution < -0.4 is 0 Å². The Hall–Kier alpha value is -2.75. The monoisotopic (exact) mass is 945 g/mol. The van der Waals surface area contributed by atoms with Gasteiger partial charge >= 0.3 is 17.9 Å². The third-order valence-electron chi connectivity index (χ3n) is 12.1. The molecular formula is C58H106NO8+. The lowest BCUT2D eigenvalue weighted by Crippen LogP contribution is -2.40. The van der Waals surface area contributed by atoms with E-state index < -0.39 is 24.3 Å². The Balaban J connectivity index is 4.27. The highest BCUT2D eigenvalue weighted by Gasteiger charge is 2.25. The molecule has 0 aromatic carbocycles. The fourth-order valence-corrected chi connectivity index (χ4v) is 7.83. The number of quaternary nitrogens is 1. The number of esters is 2. The number of allylic oxidation sites excluding steroid dienone is 8. The molecule has 0 aromatic heterocycles. The van der Waals surface area contributed by atoms with Crippen LogP contribution in [0.5, 0.6) is 0 Å². The van der Waals surface area contributed by atoms with E-state index in [0.29, 0.717) is 17.4 Å². The van der Waals surface area contributed by atoms with Gasteiger partial charge in [-0.3, -0.25) is 9.59 Å². The van der Waals surface area contributed by atoms with Crippen molar-refractivity contribution >= 4 is 17.9 Å². The summed E-state index contributed by atoms with van der Waals surface area (Å²) in [6.07, 6.45) is 57.5. The molecule has 0 bridgehead atoms. The Morgan fingerprint density at radius 2 is 0.851 bits per heavy atom. The summed E-state index contributed by atoms with van der Waals surface area (Å²) in [5, 5.41) is 9.69. The lowest BCUT2D eigenvalue weighted by atomic mass is 10.0. The minimum absolute atomic E-state index is 0.181. The predicted octanol–water partition coefficient (Wildman–Crippen LogP) is 15.9. The second-order valence-electron chi connectivity index (χ2n) is 19.9. The van der Waals surface area contributed by atoms with E-state index in [0.717, 1.165) is 77.0 Å². The van der Waals surface area contributed by atoms with Gasteiger partial charge in [0.05, 0.1) is 34.4 Å². The van der Waals surface area contributed by atoms with Gasteiger partial charge in [0.15, 0.2) is 6.10 Å². The number of carboxylic acids is 1. The van der Waals surface area contributed by atoms with Crippen LogP contribution in [0.1, 0.15) is 245 Å². The van der Waals surface area contributed by atoms with Crippen molar-refractivity contribution in [2.45, 2.75) is 257 Å². The van der Waals surface area contributed by atoms with Crippen molar-refractivity contribution in [3.63, 3.8) is 0 Å². The van der Waals surface area contributed by atoms with Crippen molar-refractivity contribution in [1.29, 1.82) is 0 Å². The maximum Gasteiger partial charge on any atom is 0.361 e. The normalized spacial score (nSPS) is 13.1. The van der Waals surface area contributed by atoms with E-state index >= 15 is 0 Å². The predicted molar refractivity (Wildman–Crippen MR) is 281 cm³/mol. The van der Waals surface area contributed by atoms with Crippen molar-refractivity contribution in [2.24, 2.45) is 0 Å². The molecule has 2 atom stereocenters. The van der Waals surface area contributed by atoms with Gasteiger partial charge in [-0.2, -0.15) is 0 Å². The first-order valence-electron chi connectivity index (χ1n) is 27.8. The average molecular weight is 945 g/mol. The summed E-state index contributed by atoms with van der Waals surface area (Å²) in [6.45, 7) is 4.79. The molecule has 1 N–H and O–H groups in total. The van der Waals surface area contributed by atoms with Gasteiger partial charge < -0.3 is 28.5 Å². The zero-order valence-corrected chi connectivity index (χ0v) is 44.3. The molecule has 0 saturated carbocycles. The molecule has 0 radical (unpaired) electrons. The molecule has 0 spiro atoms. The highest BCUT2D eigenvalue weighted by atomic mass is 16.7. The number of nitrogens with zero attached hydrogens (tertiary/aromatic N) is 1. The number of carboxylic acid groups (broad SMARTS) is 1. The van der Waals surface area contributed by atoms with E-state index in [1.807, 2.05) is 21.1 Å². The Bertz CT molecular complexity index is 1240. The minimum atomic E-state index is -1.51. The van der Waals surface area contributed by atoms with Gasteiger partial charge in [-0.05, 0) is 51.4 Å². The van der Waals surface area contributed by atoms with Gasteiger partial charge in [0.2, 0.25) is 0 Å². The molecule has 0 saturated heterocycles. The van der Waals surface area contributed by atoms with Crippen LogP contribution in [-0.4, -0.2) is 87.4 Å². The third-order valence-corrected chi connectivity index (χ3v) is 12.1. The van der Waals surface area contributed by atoms with Crippen LogP contribution in [0.25, 0.3) is 0 Å². The molecule has 0 amide bonds. The molecule has 9 nitrogen and oxygen atoms in total. The molecule has 0 heterocycles. The summed E-state index contributed by atoms with van der Waals surface area (Å²) in [5.74, 6) is -2.00. The van der Waals surface area contributed by atoms with Crippen LogP contribution in [0.2, 0.25) is 0 Å². The zero-order chi connectivity index (χ0) is 49.2. The first-order valence-corrected chi connectivity index (χ1v) is 27.8. The van der Waals surface area contributed by atoms with E-state index in [-0.39, 0.29) is 32.2 Å². The fourth-order valence-electron chi connectivity index (χ4n) is 7.83. The number of hydrogen-bond acceptors (Lipinski definition) is 7. The van der Waals surface area contributed by atoms with Crippen molar-refractivity contribution in [2.75, 3.05) is 47.5 Å². The molecule has 67 heavy (non-hydrogen) atoms. The number of rotatable bonds is 51. The number of carbonyl (C=O) groups is 3. The van der Waals surface area contributed by atoms with Crippen molar-refractivity contribution < 1.29 is 42.9 Å². The number of likely N-dealkylation sites (N-methyl/N-ethyl adjacent to an activating group) is 1. The van der Waals surface area contributed by atoms with E-state index in [1.54, 1.807) is 0 Å². The molecule has 0 fully saturated rings. The largest absolute Gasteiger partial charge is 0.477 e. The van der Waals surface area contributed by atoms with Crippen LogP contribution in [0.15, 0.2) is 48.6 Å². The summed E-state index contributed by atoms with van der Waals surface area (Å²) >= 11 is 0. The van der Waals surface area contributed by atoms with Gasteiger partial charge in [0.1, 0.15) is 13.2 Å². The molecule has 0 aliphatic rings. The number of hydrogen-bond donors (Lipinski definition) is 1. The maximum absolute atomic E-state index is 12.9. The minimum Gasteiger partial charge on any atom is -0.477 e. The summed E-state index contributed by atoms with van der Waals surface area (Å²) in [5.41, 5.74) is 0. The molecule has 0 aliphatic heterocycles. The standard InChI is InChI=1S/C58H105NO8/c1-6-8-10-12-14-16-18-20-22-24-26-27-28-29-31-33-35-37-39-41-43-45-47-49-56(61)67-54(53-66-58(57(62)63)64-51-50-59(3,4)5)52-65-55(60)48-46-44-42-40-38-36-34-32-30-25-23-21-19-17-15-13-11-9-7-2/h8,10,14,16,20,22,26-27,54,58H,6-7,9,11-13,15,17-19,21,23-25,28-53H2,1-5H3/p+1/b10-8-,16-14-,22-20-,27-26-. The SMILES string of the molecule is CC/C=C\C/C=C\C/C=C\C/C=C\CCCCCCCCCCCCC(=O)OC(COC(=O)CCCCCCCCCCCCCCCCCCCCC)COC(OCC[N+](C)(C)C)C(=O)O. The second kappa shape index (κ2) is 49.7. The smallest absolute Gasteiger partial charge is 0.361 e. The van der Waals surface area contributed by atoms with Gasteiger partial charge in [-0.15, -0.1) is 0 Å². The lowest BCUT2D eigenvalue weighted by molar-refractivity contribution is -0.870. The topological polar surface area (TPSA) is 108 Å². The molecular weight excluding hydrogens is 839 g/mol. The van der Waals surface area contributed by atoms with Crippen LogP contribution in [0.3, 0.4) is 0 Å². The second-order valence-corrected chi connectivity index (χ2v) is 19.9. The highest BCUT2D eigenvalue weighted by Crippen LogP contribution is 2.17. The van der Waals surface area contributed by atoms with Gasteiger partial charge in [-0.25, -0.2) is 4.79 Å². The van der Waals surface area contributed by atoms with Crippen LogP contribution in [0.4, 0.5) is 0 Å². The summed E-state index contributed by atoms with van der Waals surface area (Å²) in [6, 6.07) is 0. The van der Waals surface area contributed by atoms with Gasteiger partial charge in [0, 0.05) is 12.8 Å². The van der Waals surface area contributed by atoms with Crippen molar-refractivity contribution in [3.8, 4) is 0 Å². The number of aliphatic carboxylic acids is 1. The quantitative estimate of drug-likeness (QED) is 0.0211. The number of ether oxygens (including phenoxy) is 4. The van der Waals surface area contributed by atoms with Crippen molar-refractivity contribution in [3.05, 3.63) is 48.6 Å². The van der Waals surface area contributed by atoms with E-state index in [4.69, 9.17) is 18.9 Å². The Morgan fingerprint density at radius 3 is 1.27 bits per heavy atom. The fraction of sp³-hybridized carbons (Fsp3) is 0.810. The molecule has 0 aromatic rings. The molecule has 9 heteroatoms. The zero-order valence-electron chi connectivity index (χ0n) is 44.3. The third kappa shape index (κ3) is 50.9. The Labute approximate surface area is 412 Å². The summed E-state index contributed by atoms with van der Waals surface area (Å²) in [4.78, 5) is 37.4. The Morgan fingerprint density at radius 1 is 0.463 bits per heavy atom. The van der Waals surface area contributed by atoms with E-state index in [2.05, 4.69) is 62.5 Å².